The molecule has 0 unspecified atom stereocenters. The van der Waals surface area contributed by atoms with Crippen molar-refractivity contribution >= 4 is 33.2 Å². The molecule has 0 saturated carbocycles. The molecule has 0 saturated heterocycles. The van der Waals surface area contributed by atoms with Crippen LogP contribution in [0.5, 0.6) is 0 Å². The van der Waals surface area contributed by atoms with Gasteiger partial charge < -0.3 is 10.6 Å². The number of benzene rings is 2. The molecule has 0 heterocycles. The molecular formula is C15H14BrFN2O. The normalized spacial score (nSPS) is 10.3. The van der Waals surface area contributed by atoms with E-state index in [0.29, 0.717) is 22.4 Å². The van der Waals surface area contributed by atoms with E-state index in [0.717, 1.165) is 0 Å². The molecule has 0 bridgehead atoms. The minimum absolute atomic E-state index is 0.0248. The summed E-state index contributed by atoms with van der Waals surface area (Å²) in [4.78, 5) is 14.0. The molecule has 2 aromatic rings. The summed E-state index contributed by atoms with van der Waals surface area (Å²) in [5.74, 6) is -0.949. The van der Waals surface area contributed by atoms with E-state index in [1.165, 1.54) is 11.0 Å². The maximum atomic E-state index is 13.9. The Morgan fingerprint density at radius 1 is 1.30 bits per heavy atom. The molecule has 104 valence electrons. The number of amides is 1. The summed E-state index contributed by atoms with van der Waals surface area (Å²) >= 11 is 3.22. The Labute approximate surface area is 125 Å². The smallest absolute Gasteiger partial charge is 0.262 e. The van der Waals surface area contributed by atoms with Crippen LogP contribution in [-0.2, 0) is 0 Å². The monoisotopic (exact) mass is 336 g/mol. The first-order chi connectivity index (χ1) is 9.54. The Morgan fingerprint density at radius 2 is 2.00 bits per heavy atom. The van der Waals surface area contributed by atoms with Gasteiger partial charge in [-0.05, 0) is 53.2 Å². The van der Waals surface area contributed by atoms with Crippen LogP contribution in [0, 0.1) is 5.82 Å². The maximum Gasteiger partial charge on any atom is 0.262 e. The minimum Gasteiger partial charge on any atom is -0.399 e. The topological polar surface area (TPSA) is 46.3 Å². The molecule has 0 spiro atoms. The molecule has 2 rings (SSSR count). The quantitative estimate of drug-likeness (QED) is 0.865. The second kappa shape index (κ2) is 6.05. The van der Waals surface area contributed by atoms with Crippen molar-refractivity contribution in [3.8, 4) is 0 Å². The standard InChI is InChI=1S/C15H14BrFN2O/c1-2-19(11-6-3-5-10(18)9-11)15(20)14-12(16)7-4-8-13(14)17/h3-9H,2,18H2,1H3. The average molecular weight is 337 g/mol. The van der Waals surface area contributed by atoms with Crippen LogP contribution in [0.4, 0.5) is 15.8 Å². The first-order valence-electron chi connectivity index (χ1n) is 6.16. The van der Waals surface area contributed by atoms with E-state index in [1.807, 2.05) is 6.92 Å². The molecule has 1 amide bonds. The van der Waals surface area contributed by atoms with Crippen molar-refractivity contribution in [3.63, 3.8) is 0 Å². The van der Waals surface area contributed by atoms with Crippen molar-refractivity contribution in [2.45, 2.75) is 6.92 Å². The van der Waals surface area contributed by atoms with Crippen molar-refractivity contribution in [3.05, 3.63) is 58.3 Å². The van der Waals surface area contributed by atoms with Crippen LogP contribution in [-0.4, -0.2) is 12.5 Å². The average Bonchev–Trinajstić information content (AvgIpc) is 2.39. The highest BCUT2D eigenvalue weighted by molar-refractivity contribution is 9.10. The number of nitrogens with two attached hydrogens (primary N) is 1. The predicted molar refractivity (Wildman–Crippen MR) is 82.3 cm³/mol. The third-order valence-corrected chi connectivity index (χ3v) is 3.58. The highest BCUT2D eigenvalue weighted by Gasteiger charge is 2.22. The summed E-state index contributed by atoms with van der Waals surface area (Å²) in [5.41, 5.74) is 6.96. The Hall–Kier alpha value is -1.88. The fraction of sp³-hybridized carbons (Fsp3) is 0.133. The Bertz CT molecular complexity index is 625. The van der Waals surface area contributed by atoms with Gasteiger partial charge in [-0.1, -0.05) is 12.1 Å². The molecule has 5 heteroatoms. The van der Waals surface area contributed by atoms with Gasteiger partial charge >= 0.3 is 0 Å². The molecule has 3 nitrogen and oxygen atoms in total. The van der Waals surface area contributed by atoms with Gasteiger partial charge in [-0.15, -0.1) is 0 Å². The molecule has 0 aromatic heterocycles. The van der Waals surface area contributed by atoms with Gasteiger partial charge in [0.05, 0.1) is 5.56 Å². The molecule has 0 aliphatic heterocycles. The second-order valence-corrected chi connectivity index (χ2v) is 5.10. The van der Waals surface area contributed by atoms with Gasteiger partial charge in [0.15, 0.2) is 0 Å². The number of hydrogen-bond acceptors (Lipinski definition) is 2. The molecule has 2 aromatic carbocycles. The zero-order valence-electron chi connectivity index (χ0n) is 10.9. The molecule has 2 N–H and O–H groups in total. The minimum atomic E-state index is -0.549. The van der Waals surface area contributed by atoms with Gasteiger partial charge in [0.25, 0.3) is 5.91 Å². The molecular weight excluding hydrogens is 323 g/mol. The van der Waals surface area contributed by atoms with E-state index in [4.69, 9.17) is 5.73 Å². The number of carbonyl (C=O) groups is 1. The van der Waals surface area contributed by atoms with Crippen molar-refractivity contribution < 1.29 is 9.18 Å². The van der Waals surface area contributed by atoms with Gasteiger partial charge in [-0.25, -0.2) is 4.39 Å². The lowest BCUT2D eigenvalue weighted by Crippen LogP contribution is -2.31. The highest BCUT2D eigenvalue weighted by Crippen LogP contribution is 2.25. The van der Waals surface area contributed by atoms with Gasteiger partial charge in [0, 0.05) is 22.4 Å². The van der Waals surface area contributed by atoms with Crippen LogP contribution in [0.2, 0.25) is 0 Å². The van der Waals surface area contributed by atoms with Crippen LogP contribution in [0.3, 0.4) is 0 Å². The van der Waals surface area contributed by atoms with E-state index in [-0.39, 0.29) is 5.56 Å². The fourth-order valence-corrected chi connectivity index (χ4v) is 2.48. The summed E-state index contributed by atoms with van der Waals surface area (Å²) in [6, 6.07) is 11.4. The number of carbonyl (C=O) groups excluding carboxylic acids is 1. The van der Waals surface area contributed by atoms with E-state index >= 15 is 0 Å². The predicted octanol–water partition coefficient (Wildman–Crippen LogP) is 3.84. The van der Waals surface area contributed by atoms with E-state index < -0.39 is 11.7 Å². The SMILES string of the molecule is CCN(C(=O)c1c(F)cccc1Br)c1cccc(N)c1. The Morgan fingerprint density at radius 3 is 2.60 bits per heavy atom. The van der Waals surface area contributed by atoms with Gasteiger partial charge in [-0.2, -0.15) is 0 Å². The molecule has 0 radical (unpaired) electrons. The largest absolute Gasteiger partial charge is 0.399 e. The first kappa shape index (κ1) is 14.5. The van der Waals surface area contributed by atoms with Crippen molar-refractivity contribution in [2.75, 3.05) is 17.2 Å². The Kier molecular flexibility index (Phi) is 4.39. The summed E-state index contributed by atoms with van der Waals surface area (Å²) in [7, 11) is 0. The lowest BCUT2D eigenvalue weighted by molar-refractivity contribution is 0.0983. The lowest BCUT2D eigenvalue weighted by Gasteiger charge is -2.22. The summed E-state index contributed by atoms with van der Waals surface area (Å²) in [5, 5.41) is 0. The van der Waals surface area contributed by atoms with E-state index in [2.05, 4.69) is 15.9 Å². The zero-order valence-corrected chi connectivity index (χ0v) is 12.5. The molecule has 20 heavy (non-hydrogen) atoms. The molecule has 0 aliphatic carbocycles. The fourth-order valence-electron chi connectivity index (χ4n) is 1.97. The number of anilines is 2. The number of halogens is 2. The summed E-state index contributed by atoms with van der Waals surface area (Å²) in [6.07, 6.45) is 0. The van der Waals surface area contributed by atoms with Crippen LogP contribution < -0.4 is 10.6 Å². The van der Waals surface area contributed by atoms with Gasteiger partial charge in [0.1, 0.15) is 5.82 Å². The van der Waals surface area contributed by atoms with Crippen LogP contribution in [0.15, 0.2) is 46.9 Å². The molecule has 0 atom stereocenters. The van der Waals surface area contributed by atoms with Crippen LogP contribution in [0.25, 0.3) is 0 Å². The number of rotatable bonds is 3. The number of nitrogen functional groups attached to an aromatic ring is 1. The van der Waals surface area contributed by atoms with Crippen LogP contribution >= 0.6 is 15.9 Å². The number of hydrogen-bond donors (Lipinski definition) is 1. The van der Waals surface area contributed by atoms with E-state index in [9.17, 15) is 9.18 Å². The van der Waals surface area contributed by atoms with E-state index in [1.54, 1.807) is 36.4 Å². The van der Waals surface area contributed by atoms with Crippen molar-refractivity contribution in [1.82, 2.24) is 0 Å². The van der Waals surface area contributed by atoms with Gasteiger partial charge in [-0.3, -0.25) is 4.79 Å². The maximum absolute atomic E-state index is 13.9. The zero-order chi connectivity index (χ0) is 14.7. The second-order valence-electron chi connectivity index (χ2n) is 4.24. The summed E-state index contributed by atoms with van der Waals surface area (Å²) in [6.45, 7) is 2.25. The number of nitrogens with zero attached hydrogens (tertiary/aromatic N) is 1. The Balaban J connectivity index is 2.45. The lowest BCUT2D eigenvalue weighted by atomic mass is 10.1. The third kappa shape index (κ3) is 2.82. The molecule has 0 aliphatic rings. The third-order valence-electron chi connectivity index (χ3n) is 2.92. The van der Waals surface area contributed by atoms with Crippen molar-refractivity contribution in [2.24, 2.45) is 0 Å². The highest BCUT2D eigenvalue weighted by atomic mass is 79.9. The molecule has 0 fully saturated rings. The van der Waals surface area contributed by atoms with Crippen molar-refractivity contribution in [1.29, 1.82) is 0 Å². The first-order valence-corrected chi connectivity index (χ1v) is 6.95. The summed E-state index contributed by atoms with van der Waals surface area (Å²) < 4.78 is 14.3. The van der Waals surface area contributed by atoms with Gasteiger partial charge in [0.2, 0.25) is 0 Å². The van der Waals surface area contributed by atoms with Crippen LogP contribution in [0.1, 0.15) is 17.3 Å².